The van der Waals surface area contributed by atoms with Crippen molar-refractivity contribution in [3.05, 3.63) is 4.91 Å². The highest BCUT2D eigenvalue weighted by atomic mass is 19.1. The van der Waals surface area contributed by atoms with Crippen molar-refractivity contribution in [1.82, 2.24) is 10.0 Å². The summed E-state index contributed by atoms with van der Waals surface area (Å²) < 4.78 is 11.7. The third kappa shape index (κ3) is 2.89. The highest BCUT2D eigenvalue weighted by molar-refractivity contribution is 5.75. The number of rotatable bonds is 3. The van der Waals surface area contributed by atoms with Crippen molar-refractivity contribution in [3.8, 4) is 0 Å². The van der Waals surface area contributed by atoms with Crippen LogP contribution in [0.5, 0.6) is 0 Å². The zero-order valence-electron chi connectivity index (χ0n) is 6.12. The molecule has 64 valence electrons. The Hall–Kier alpha value is -1.24. The minimum Gasteiger partial charge on any atom is -0.283 e. The molecule has 3 N–H and O–H groups in total. The van der Waals surface area contributed by atoms with Crippen molar-refractivity contribution in [3.63, 3.8) is 0 Å². The molecule has 0 aromatic rings. The molecule has 0 saturated heterocycles. The maximum atomic E-state index is 11.7. The molecule has 0 aromatic heterocycles. The van der Waals surface area contributed by atoms with Gasteiger partial charge in [0, 0.05) is 7.05 Å². The number of nitrogens with zero attached hydrogens (tertiary/aromatic N) is 3. The Morgan fingerprint density at radius 3 is 2.64 bits per heavy atom. The minimum absolute atomic E-state index is 0.246. The maximum absolute atomic E-state index is 11.7. The molecule has 0 unspecified atom stereocenters. The molecule has 7 heteroatoms. The molecule has 0 aromatic carbocycles. The van der Waals surface area contributed by atoms with Crippen LogP contribution in [0.1, 0.15) is 0 Å². The molecule has 0 saturated carbocycles. The third-order valence-corrected chi connectivity index (χ3v) is 0.973. The standard InChI is InChI=1S/C4H10FN5O/c1-9(7)4(6)10(8-11)3-2-5/h6H,2-3,7H2,1H3. The summed E-state index contributed by atoms with van der Waals surface area (Å²) in [5, 5.41) is 11.0. The second kappa shape index (κ2) is 4.56. The first kappa shape index (κ1) is 9.76. The van der Waals surface area contributed by atoms with Crippen LogP contribution in [-0.2, 0) is 0 Å². The fraction of sp³-hybridized carbons (Fsp3) is 0.750. The van der Waals surface area contributed by atoms with E-state index in [1.165, 1.54) is 7.05 Å². The molecule has 0 aliphatic rings. The van der Waals surface area contributed by atoms with Crippen LogP contribution in [-0.4, -0.2) is 36.2 Å². The Morgan fingerprint density at radius 2 is 2.36 bits per heavy atom. The van der Waals surface area contributed by atoms with Crippen LogP contribution in [0.2, 0.25) is 0 Å². The van der Waals surface area contributed by atoms with Gasteiger partial charge < -0.3 is 0 Å². The van der Waals surface area contributed by atoms with Crippen molar-refractivity contribution in [2.45, 2.75) is 0 Å². The summed E-state index contributed by atoms with van der Waals surface area (Å²) in [7, 11) is 1.36. The summed E-state index contributed by atoms with van der Waals surface area (Å²) in [5.74, 6) is 4.75. The van der Waals surface area contributed by atoms with Gasteiger partial charge in [0.1, 0.15) is 6.67 Å². The predicted molar refractivity (Wildman–Crippen MR) is 38.2 cm³/mol. The highest BCUT2D eigenvalue weighted by Crippen LogP contribution is 1.91. The molecular formula is C4H10FN5O. The summed E-state index contributed by atoms with van der Waals surface area (Å²) in [6, 6.07) is 0. The van der Waals surface area contributed by atoms with E-state index in [9.17, 15) is 9.30 Å². The second-order valence-corrected chi connectivity index (χ2v) is 1.83. The molecule has 0 radical (unpaired) electrons. The summed E-state index contributed by atoms with van der Waals surface area (Å²) in [6.07, 6.45) is 0. The van der Waals surface area contributed by atoms with Gasteiger partial charge in [-0.15, -0.1) is 4.91 Å². The Kier molecular flexibility index (Phi) is 4.04. The number of hydrazine groups is 1. The summed E-state index contributed by atoms with van der Waals surface area (Å²) in [6.45, 7) is -0.994. The number of hydrogen-bond acceptors (Lipinski definition) is 4. The SMILES string of the molecule is CN(N)C(=N)N(CCF)N=O. The zero-order chi connectivity index (χ0) is 8.85. The van der Waals surface area contributed by atoms with Gasteiger partial charge in [-0.25, -0.2) is 10.2 Å². The maximum Gasteiger partial charge on any atom is 0.231 e. The van der Waals surface area contributed by atoms with E-state index >= 15 is 0 Å². The summed E-state index contributed by atoms with van der Waals surface area (Å²) in [5.41, 5.74) is 0. The Morgan fingerprint density at radius 1 is 1.82 bits per heavy atom. The van der Waals surface area contributed by atoms with E-state index in [4.69, 9.17) is 11.3 Å². The van der Waals surface area contributed by atoms with Crippen LogP contribution >= 0.6 is 0 Å². The number of nitrogens with two attached hydrogens (primary N) is 1. The van der Waals surface area contributed by atoms with Gasteiger partial charge in [0.15, 0.2) is 0 Å². The van der Waals surface area contributed by atoms with E-state index in [2.05, 4.69) is 5.29 Å². The Balaban J connectivity index is 4.02. The second-order valence-electron chi connectivity index (χ2n) is 1.83. The van der Waals surface area contributed by atoms with E-state index < -0.39 is 6.67 Å². The van der Waals surface area contributed by atoms with Crippen molar-refractivity contribution in [1.29, 1.82) is 5.41 Å². The molecule has 0 heterocycles. The molecule has 0 rings (SSSR count). The number of halogens is 1. The van der Waals surface area contributed by atoms with Crippen LogP contribution in [0.3, 0.4) is 0 Å². The van der Waals surface area contributed by atoms with Gasteiger partial charge in [-0.3, -0.25) is 10.4 Å². The number of hydrogen-bond donors (Lipinski definition) is 2. The lowest BCUT2D eigenvalue weighted by atomic mass is 10.6. The first-order chi connectivity index (χ1) is 5.13. The lowest BCUT2D eigenvalue weighted by molar-refractivity contribution is 0.318. The molecule has 0 spiro atoms. The van der Waals surface area contributed by atoms with Crippen molar-refractivity contribution >= 4 is 5.96 Å². The molecule has 0 aliphatic carbocycles. The van der Waals surface area contributed by atoms with E-state index in [0.717, 1.165) is 5.01 Å². The van der Waals surface area contributed by atoms with Crippen LogP contribution < -0.4 is 5.84 Å². The average Bonchev–Trinajstić information content (AvgIpc) is 1.98. The average molecular weight is 163 g/mol. The molecule has 11 heavy (non-hydrogen) atoms. The van der Waals surface area contributed by atoms with Crippen molar-refractivity contribution < 1.29 is 4.39 Å². The third-order valence-electron chi connectivity index (χ3n) is 0.973. The van der Waals surface area contributed by atoms with E-state index in [1.807, 2.05) is 0 Å². The smallest absolute Gasteiger partial charge is 0.231 e. The number of nitroso groups, excluding NO2 is 1. The number of alkyl halides is 1. The van der Waals surface area contributed by atoms with Crippen LogP contribution in [0.15, 0.2) is 5.29 Å². The highest BCUT2D eigenvalue weighted by Gasteiger charge is 2.11. The molecule has 0 aliphatic heterocycles. The lowest BCUT2D eigenvalue weighted by Gasteiger charge is -2.19. The van der Waals surface area contributed by atoms with Gasteiger partial charge >= 0.3 is 0 Å². The molecule has 0 bridgehead atoms. The summed E-state index contributed by atoms with van der Waals surface area (Å²) in [4.78, 5) is 9.93. The van der Waals surface area contributed by atoms with Crippen LogP contribution in [0.4, 0.5) is 4.39 Å². The predicted octanol–water partition coefficient (Wildman–Crippen LogP) is -0.320. The van der Waals surface area contributed by atoms with E-state index in [0.29, 0.717) is 5.01 Å². The molecule has 6 nitrogen and oxygen atoms in total. The Labute approximate surface area is 63.2 Å². The first-order valence-corrected chi connectivity index (χ1v) is 2.87. The zero-order valence-corrected chi connectivity index (χ0v) is 6.12. The fourth-order valence-corrected chi connectivity index (χ4v) is 0.448. The summed E-state index contributed by atoms with van der Waals surface area (Å²) >= 11 is 0. The van der Waals surface area contributed by atoms with Gasteiger partial charge in [0.2, 0.25) is 5.96 Å². The largest absolute Gasteiger partial charge is 0.283 e. The van der Waals surface area contributed by atoms with Crippen LogP contribution in [0.25, 0.3) is 0 Å². The lowest BCUT2D eigenvalue weighted by Crippen LogP contribution is -2.43. The first-order valence-electron chi connectivity index (χ1n) is 2.87. The fourth-order valence-electron chi connectivity index (χ4n) is 0.448. The minimum atomic E-state index is -0.748. The molecule has 0 fully saturated rings. The van der Waals surface area contributed by atoms with E-state index in [1.54, 1.807) is 0 Å². The van der Waals surface area contributed by atoms with Gasteiger partial charge in [0.05, 0.1) is 11.8 Å². The van der Waals surface area contributed by atoms with Crippen molar-refractivity contribution in [2.24, 2.45) is 11.1 Å². The monoisotopic (exact) mass is 163 g/mol. The Bertz CT molecular complexity index is 149. The van der Waals surface area contributed by atoms with Crippen molar-refractivity contribution in [2.75, 3.05) is 20.3 Å². The van der Waals surface area contributed by atoms with E-state index in [-0.39, 0.29) is 12.5 Å². The normalized spacial score (nSPS) is 9.00. The van der Waals surface area contributed by atoms with Crippen LogP contribution in [0, 0.1) is 10.3 Å². The molecule has 0 atom stereocenters. The number of nitrogens with one attached hydrogen (secondary N) is 1. The molecular weight excluding hydrogens is 153 g/mol. The topological polar surface area (TPSA) is 85.8 Å². The molecule has 0 amide bonds. The van der Waals surface area contributed by atoms with Gasteiger partial charge in [-0.1, -0.05) is 0 Å². The number of guanidine groups is 1. The van der Waals surface area contributed by atoms with Gasteiger partial charge in [0.25, 0.3) is 0 Å². The quantitative estimate of drug-likeness (QED) is 0.196. The van der Waals surface area contributed by atoms with Gasteiger partial charge in [-0.2, -0.15) is 5.01 Å². The van der Waals surface area contributed by atoms with Gasteiger partial charge in [-0.05, 0) is 0 Å².